The highest BCUT2D eigenvalue weighted by atomic mass is 16.5. The molecule has 1 fully saturated rings. The van der Waals surface area contributed by atoms with E-state index in [0.29, 0.717) is 12.6 Å². The predicted octanol–water partition coefficient (Wildman–Crippen LogP) is 2.59. The normalized spacial score (nSPS) is 19.0. The van der Waals surface area contributed by atoms with Crippen LogP contribution in [0.5, 0.6) is 0 Å². The van der Waals surface area contributed by atoms with Crippen LogP contribution in [-0.2, 0) is 4.74 Å². The minimum atomic E-state index is 0.529. The van der Waals surface area contributed by atoms with E-state index in [1.807, 2.05) is 30.3 Å². The summed E-state index contributed by atoms with van der Waals surface area (Å²) in [5, 5.41) is 3.52. The number of piperidine rings is 1. The molecule has 2 heteroatoms. The number of hydrogen-bond acceptors (Lipinski definition) is 2. The smallest absolute Gasteiger partial charge is 0.108 e. The van der Waals surface area contributed by atoms with Gasteiger partial charge in [-0.3, -0.25) is 0 Å². The van der Waals surface area contributed by atoms with Gasteiger partial charge in [-0.05, 0) is 37.9 Å². The molecule has 1 aliphatic heterocycles. The van der Waals surface area contributed by atoms with Gasteiger partial charge in [0.2, 0.25) is 0 Å². The highest BCUT2D eigenvalue weighted by Crippen LogP contribution is 2.09. The Balaban J connectivity index is 1.57. The molecule has 1 unspecified atom stereocenters. The summed E-state index contributed by atoms with van der Waals surface area (Å²) in [4.78, 5) is 0. The average molecular weight is 243 g/mol. The Hall–Kier alpha value is -1.30. The second-order valence-electron chi connectivity index (χ2n) is 4.66. The quantitative estimate of drug-likeness (QED) is 0.648. The summed E-state index contributed by atoms with van der Waals surface area (Å²) in [6, 6.07) is 10.7. The van der Waals surface area contributed by atoms with Crippen LogP contribution in [0.15, 0.2) is 30.3 Å². The highest BCUT2D eigenvalue weighted by Gasteiger charge is 2.11. The van der Waals surface area contributed by atoms with Crippen molar-refractivity contribution in [2.45, 2.75) is 31.7 Å². The molecule has 1 atom stereocenters. The molecule has 0 bridgehead atoms. The number of ether oxygens (including phenoxy) is 1. The van der Waals surface area contributed by atoms with Crippen LogP contribution in [0.25, 0.3) is 0 Å². The number of rotatable bonds is 4. The molecule has 2 nitrogen and oxygen atoms in total. The van der Waals surface area contributed by atoms with E-state index < -0.39 is 0 Å². The lowest BCUT2D eigenvalue weighted by atomic mass is 10.0. The van der Waals surface area contributed by atoms with Gasteiger partial charge in [0.1, 0.15) is 6.61 Å². The summed E-state index contributed by atoms with van der Waals surface area (Å²) in [6.07, 6.45) is 5.07. The molecule has 0 radical (unpaired) electrons. The van der Waals surface area contributed by atoms with Gasteiger partial charge in [0.15, 0.2) is 0 Å². The summed E-state index contributed by atoms with van der Waals surface area (Å²) in [5.74, 6) is 6.14. The van der Waals surface area contributed by atoms with Crippen LogP contribution in [0.2, 0.25) is 0 Å². The van der Waals surface area contributed by atoms with Crippen molar-refractivity contribution in [3.05, 3.63) is 35.9 Å². The van der Waals surface area contributed by atoms with Gasteiger partial charge in [0, 0.05) is 18.2 Å². The van der Waals surface area contributed by atoms with Crippen molar-refractivity contribution in [2.75, 3.05) is 19.8 Å². The van der Waals surface area contributed by atoms with Crippen LogP contribution in [-0.4, -0.2) is 25.8 Å². The van der Waals surface area contributed by atoms with Gasteiger partial charge in [-0.1, -0.05) is 36.5 Å². The van der Waals surface area contributed by atoms with Crippen LogP contribution < -0.4 is 5.32 Å². The third kappa shape index (κ3) is 4.91. The fourth-order valence-corrected chi connectivity index (χ4v) is 2.18. The number of nitrogens with one attached hydrogen (secondary N) is 1. The fraction of sp³-hybridized carbons (Fsp3) is 0.500. The van der Waals surface area contributed by atoms with E-state index >= 15 is 0 Å². The Morgan fingerprint density at radius 3 is 2.89 bits per heavy atom. The Labute approximate surface area is 110 Å². The molecule has 0 saturated carbocycles. The maximum atomic E-state index is 5.54. The zero-order valence-corrected chi connectivity index (χ0v) is 10.8. The van der Waals surface area contributed by atoms with Gasteiger partial charge in [0.25, 0.3) is 0 Å². The minimum absolute atomic E-state index is 0.529. The van der Waals surface area contributed by atoms with Crippen LogP contribution in [0.1, 0.15) is 31.2 Å². The molecule has 1 aromatic rings. The molecule has 1 saturated heterocycles. The van der Waals surface area contributed by atoms with Crippen molar-refractivity contribution in [3.63, 3.8) is 0 Å². The molecule has 1 aliphatic rings. The van der Waals surface area contributed by atoms with Crippen molar-refractivity contribution in [1.82, 2.24) is 5.32 Å². The van der Waals surface area contributed by atoms with Crippen molar-refractivity contribution in [3.8, 4) is 11.8 Å². The molecule has 0 amide bonds. The van der Waals surface area contributed by atoms with E-state index in [4.69, 9.17) is 4.74 Å². The van der Waals surface area contributed by atoms with Gasteiger partial charge < -0.3 is 10.1 Å². The standard InChI is InChI=1S/C16H21NO/c1-2-7-15(8-3-1)9-6-13-18-14-11-16-10-4-5-12-17-16/h1-3,7-8,16-17H,4-5,10-14H2. The van der Waals surface area contributed by atoms with E-state index in [-0.39, 0.29) is 0 Å². The van der Waals surface area contributed by atoms with Crippen LogP contribution in [0.4, 0.5) is 0 Å². The first kappa shape index (κ1) is 13.1. The minimum Gasteiger partial charge on any atom is -0.369 e. The van der Waals surface area contributed by atoms with Crippen LogP contribution >= 0.6 is 0 Å². The predicted molar refractivity (Wildman–Crippen MR) is 74.4 cm³/mol. The van der Waals surface area contributed by atoms with Gasteiger partial charge >= 0.3 is 0 Å². The topological polar surface area (TPSA) is 21.3 Å². The summed E-state index contributed by atoms with van der Waals surface area (Å²) in [6.45, 7) is 2.50. The monoisotopic (exact) mass is 243 g/mol. The molecule has 0 aromatic heterocycles. The Morgan fingerprint density at radius 2 is 2.11 bits per heavy atom. The number of benzene rings is 1. The summed E-state index contributed by atoms with van der Waals surface area (Å²) in [7, 11) is 0. The lowest BCUT2D eigenvalue weighted by Crippen LogP contribution is -2.34. The molecular formula is C16H21NO. The SMILES string of the molecule is C(#Cc1ccccc1)COCCC1CCCCN1. The van der Waals surface area contributed by atoms with E-state index in [9.17, 15) is 0 Å². The fourth-order valence-electron chi connectivity index (χ4n) is 2.18. The van der Waals surface area contributed by atoms with Gasteiger partial charge in [-0.25, -0.2) is 0 Å². The third-order valence-corrected chi connectivity index (χ3v) is 3.20. The van der Waals surface area contributed by atoms with Gasteiger partial charge in [-0.15, -0.1) is 0 Å². The van der Waals surface area contributed by atoms with Crippen LogP contribution in [0, 0.1) is 11.8 Å². The molecule has 1 heterocycles. The number of hydrogen-bond donors (Lipinski definition) is 1. The Morgan fingerprint density at radius 1 is 1.22 bits per heavy atom. The lowest BCUT2D eigenvalue weighted by molar-refractivity contribution is 0.150. The summed E-state index contributed by atoms with van der Waals surface area (Å²) >= 11 is 0. The first-order valence-electron chi connectivity index (χ1n) is 6.80. The molecule has 96 valence electrons. The maximum absolute atomic E-state index is 5.54. The molecule has 1 N–H and O–H groups in total. The molecule has 1 aromatic carbocycles. The Kier molecular flexibility index (Phi) is 5.78. The average Bonchev–Trinajstić information content (AvgIpc) is 2.45. The first-order valence-corrected chi connectivity index (χ1v) is 6.80. The zero-order chi connectivity index (χ0) is 12.5. The van der Waals surface area contributed by atoms with Crippen molar-refractivity contribution >= 4 is 0 Å². The van der Waals surface area contributed by atoms with Crippen molar-refractivity contribution in [1.29, 1.82) is 0 Å². The second kappa shape index (κ2) is 7.92. The molecule has 0 spiro atoms. The molecule has 2 rings (SSSR count). The van der Waals surface area contributed by atoms with E-state index in [1.165, 1.54) is 25.8 Å². The highest BCUT2D eigenvalue weighted by molar-refractivity contribution is 5.33. The zero-order valence-electron chi connectivity index (χ0n) is 10.8. The largest absolute Gasteiger partial charge is 0.369 e. The van der Waals surface area contributed by atoms with Crippen molar-refractivity contribution in [2.24, 2.45) is 0 Å². The molecule has 0 aliphatic carbocycles. The second-order valence-corrected chi connectivity index (χ2v) is 4.66. The molecule has 18 heavy (non-hydrogen) atoms. The van der Waals surface area contributed by atoms with E-state index in [2.05, 4.69) is 17.2 Å². The summed E-state index contributed by atoms with van der Waals surface area (Å²) in [5.41, 5.74) is 1.05. The van der Waals surface area contributed by atoms with E-state index in [1.54, 1.807) is 0 Å². The van der Waals surface area contributed by atoms with Crippen LogP contribution in [0.3, 0.4) is 0 Å². The maximum Gasteiger partial charge on any atom is 0.108 e. The first-order chi connectivity index (χ1) is 8.95. The Bertz CT molecular complexity index is 385. The van der Waals surface area contributed by atoms with Crippen molar-refractivity contribution < 1.29 is 4.74 Å². The molecular weight excluding hydrogens is 222 g/mol. The lowest BCUT2D eigenvalue weighted by Gasteiger charge is -2.22. The third-order valence-electron chi connectivity index (χ3n) is 3.20. The van der Waals surface area contributed by atoms with E-state index in [0.717, 1.165) is 18.6 Å². The summed E-state index contributed by atoms with van der Waals surface area (Å²) < 4.78 is 5.54. The van der Waals surface area contributed by atoms with Gasteiger partial charge in [0.05, 0.1) is 0 Å². The van der Waals surface area contributed by atoms with Gasteiger partial charge in [-0.2, -0.15) is 0 Å².